The van der Waals surface area contributed by atoms with Gasteiger partial charge in [-0.1, -0.05) is 6.08 Å². The van der Waals surface area contributed by atoms with Crippen LogP contribution in [0.15, 0.2) is 34.8 Å². The highest BCUT2D eigenvalue weighted by Crippen LogP contribution is 2.52. The van der Waals surface area contributed by atoms with Gasteiger partial charge in [0.15, 0.2) is 17.3 Å². The van der Waals surface area contributed by atoms with Gasteiger partial charge >= 0.3 is 0 Å². The molecule has 1 aromatic heterocycles. The quantitative estimate of drug-likeness (QED) is 0.655. The summed E-state index contributed by atoms with van der Waals surface area (Å²) >= 11 is 1.00. The van der Waals surface area contributed by atoms with Crippen LogP contribution in [0.5, 0.6) is 0 Å². The molecule has 1 aromatic rings. The Hall–Kier alpha value is -2.55. The minimum Gasteiger partial charge on any atom is -0.450 e. The molecule has 0 amide bonds. The van der Waals surface area contributed by atoms with Gasteiger partial charge in [-0.05, 0) is 37.2 Å². The summed E-state index contributed by atoms with van der Waals surface area (Å²) in [4.78, 5) is 28.3. The highest BCUT2D eigenvalue weighted by molar-refractivity contribution is 7.10. The van der Waals surface area contributed by atoms with Gasteiger partial charge in [0.05, 0.1) is 11.4 Å². The minimum absolute atomic E-state index is 0.0562. The molecule has 4 heterocycles. The Morgan fingerprint density at radius 3 is 2.76 bits per heavy atom. The number of ketones is 2. The van der Waals surface area contributed by atoms with Crippen molar-refractivity contribution in [3.05, 3.63) is 46.3 Å². The SMILES string of the molecule is O=C1CCC2=C(OC3=C(F)C(N4CCCC4)=CC4Cc5c(F)nsc5N2C34)C1=O. The number of hydrogen-bond donors (Lipinski definition) is 0. The number of nitrogens with zero attached hydrogens (tertiary/aromatic N) is 3. The van der Waals surface area contributed by atoms with Crippen LogP contribution in [-0.2, 0) is 20.7 Å². The van der Waals surface area contributed by atoms with Crippen LogP contribution >= 0.6 is 11.5 Å². The van der Waals surface area contributed by atoms with Gasteiger partial charge in [0.25, 0.3) is 5.78 Å². The molecule has 0 bridgehead atoms. The number of fused-ring (bicyclic) bond motifs is 3. The highest BCUT2D eigenvalue weighted by Gasteiger charge is 2.51. The molecular formula is C20H17F2N3O3S. The highest BCUT2D eigenvalue weighted by atomic mass is 32.1. The van der Waals surface area contributed by atoms with Crippen molar-refractivity contribution in [2.45, 2.75) is 38.1 Å². The maximum atomic E-state index is 15.6. The number of Topliss-reactive ketones (excluding diaryl/α,β-unsaturated/α-hetero) is 2. The summed E-state index contributed by atoms with van der Waals surface area (Å²) in [7, 11) is 0. The summed E-state index contributed by atoms with van der Waals surface area (Å²) in [5.74, 6) is -2.58. The molecule has 0 saturated carbocycles. The number of hydrogen-bond acceptors (Lipinski definition) is 7. The Labute approximate surface area is 169 Å². The smallest absolute Gasteiger partial charge is 0.265 e. The second kappa shape index (κ2) is 5.98. The van der Waals surface area contributed by atoms with E-state index in [-0.39, 0.29) is 23.9 Å². The van der Waals surface area contributed by atoms with E-state index in [9.17, 15) is 14.0 Å². The molecule has 5 aliphatic rings. The number of aromatic nitrogens is 1. The summed E-state index contributed by atoms with van der Waals surface area (Å²) in [5.41, 5.74) is 1.46. The van der Waals surface area contributed by atoms with Crippen molar-refractivity contribution in [1.29, 1.82) is 0 Å². The number of carbonyl (C=O) groups excluding carboxylic acids is 2. The first kappa shape index (κ1) is 17.3. The maximum Gasteiger partial charge on any atom is 0.265 e. The summed E-state index contributed by atoms with van der Waals surface area (Å²) in [5, 5.41) is 0.574. The fraction of sp³-hybridized carbons (Fsp3) is 0.450. The van der Waals surface area contributed by atoms with Crippen LogP contribution in [0, 0.1) is 11.9 Å². The molecule has 9 heteroatoms. The Morgan fingerprint density at radius 2 is 1.97 bits per heavy atom. The van der Waals surface area contributed by atoms with E-state index in [4.69, 9.17) is 4.74 Å². The van der Waals surface area contributed by atoms with E-state index in [0.29, 0.717) is 34.8 Å². The van der Waals surface area contributed by atoms with Gasteiger partial charge in [-0.25, -0.2) is 4.39 Å². The number of ether oxygens (including phenoxy) is 1. The van der Waals surface area contributed by atoms with E-state index in [0.717, 1.165) is 37.5 Å². The molecule has 6 nitrogen and oxygen atoms in total. The second-order valence-corrected chi connectivity index (χ2v) is 8.75. The van der Waals surface area contributed by atoms with Gasteiger partial charge in [0.2, 0.25) is 11.7 Å². The van der Waals surface area contributed by atoms with Gasteiger partial charge < -0.3 is 14.5 Å². The average Bonchev–Trinajstić information content (AvgIpc) is 3.37. The van der Waals surface area contributed by atoms with Gasteiger partial charge in [0, 0.05) is 31.0 Å². The first-order chi connectivity index (χ1) is 14.0. The largest absolute Gasteiger partial charge is 0.450 e. The molecule has 2 aliphatic carbocycles. The molecule has 0 aromatic carbocycles. The standard InChI is InChI=1S/C20H17F2N3O3S/c21-14-12(24-5-1-2-6-24)8-9-7-10-19(22)23-29-20(10)25-11-3-4-13(26)16(27)17(11)28-18(14)15(9)25/h8-9,15H,1-7H2. The number of halogens is 2. The van der Waals surface area contributed by atoms with Crippen LogP contribution in [-0.4, -0.2) is 40.0 Å². The van der Waals surface area contributed by atoms with Crippen molar-refractivity contribution < 1.29 is 23.1 Å². The molecule has 0 radical (unpaired) electrons. The van der Waals surface area contributed by atoms with Crippen molar-refractivity contribution in [2.75, 3.05) is 18.0 Å². The number of likely N-dealkylation sites (tertiary alicyclic amines) is 1. The summed E-state index contributed by atoms with van der Waals surface area (Å²) < 4.78 is 39.8. The Morgan fingerprint density at radius 1 is 1.17 bits per heavy atom. The number of allylic oxidation sites excluding steroid dienone is 3. The van der Waals surface area contributed by atoms with Crippen LogP contribution in [0.1, 0.15) is 31.2 Å². The maximum absolute atomic E-state index is 15.6. The fourth-order valence-corrected chi connectivity index (χ4v) is 5.93. The molecule has 150 valence electrons. The van der Waals surface area contributed by atoms with Crippen LogP contribution in [0.3, 0.4) is 0 Å². The fourth-order valence-electron chi connectivity index (χ4n) is 5.06. The topological polar surface area (TPSA) is 62.7 Å². The predicted molar refractivity (Wildman–Crippen MR) is 99.9 cm³/mol. The lowest BCUT2D eigenvalue weighted by Gasteiger charge is -2.48. The lowest BCUT2D eigenvalue weighted by atomic mass is 9.80. The summed E-state index contributed by atoms with van der Waals surface area (Å²) in [6, 6.07) is -0.492. The van der Waals surface area contributed by atoms with E-state index >= 15 is 4.39 Å². The van der Waals surface area contributed by atoms with E-state index in [2.05, 4.69) is 4.37 Å². The lowest BCUT2D eigenvalue weighted by molar-refractivity contribution is -0.137. The van der Waals surface area contributed by atoms with Crippen LogP contribution in [0.4, 0.5) is 13.8 Å². The van der Waals surface area contributed by atoms with Gasteiger partial charge in [0.1, 0.15) is 11.0 Å². The van der Waals surface area contributed by atoms with Gasteiger partial charge in [-0.15, -0.1) is 0 Å². The molecule has 0 spiro atoms. The van der Waals surface area contributed by atoms with Crippen molar-refractivity contribution >= 4 is 28.1 Å². The van der Waals surface area contributed by atoms with E-state index < -0.39 is 29.4 Å². The van der Waals surface area contributed by atoms with E-state index in [1.165, 1.54) is 0 Å². The molecular weight excluding hydrogens is 400 g/mol. The summed E-state index contributed by atoms with van der Waals surface area (Å²) in [6.45, 7) is 1.50. The third-order valence-corrected chi connectivity index (χ3v) is 7.27. The molecule has 1 saturated heterocycles. The van der Waals surface area contributed by atoms with Crippen LogP contribution in [0.25, 0.3) is 0 Å². The van der Waals surface area contributed by atoms with E-state index in [1.807, 2.05) is 11.0 Å². The van der Waals surface area contributed by atoms with Crippen LogP contribution < -0.4 is 4.90 Å². The molecule has 3 aliphatic heterocycles. The van der Waals surface area contributed by atoms with Crippen LogP contribution in [0.2, 0.25) is 0 Å². The van der Waals surface area contributed by atoms with E-state index in [1.54, 1.807) is 4.90 Å². The van der Waals surface area contributed by atoms with Gasteiger partial charge in [-0.2, -0.15) is 8.76 Å². The Balaban J connectivity index is 1.57. The second-order valence-electron chi connectivity index (χ2n) is 7.99. The lowest BCUT2D eigenvalue weighted by Crippen LogP contribution is -2.52. The Kier molecular flexibility index (Phi) is 3.57. The van der Waals surface area contributed by atoms with Gasteiger partial charge in [-0.3, -0.25) is 9.59 Å². The third kappa shape index (κ3) is 2.27. The summed E-state index contributed by atoms with van der Waals surface area (Å²) in [6.07, 6.45) is 4.62. The van der Waals surface area contributed by atoms with Crippen molar-refractivity contribution in [2.24, 2.45) is 5.92 Å². The molecule has 2 atom stereocenters. The third-order valence-electron chi connectivity index (χ3n) is 6.40. The molecule has 29 heavy (non-hydrogen) atoms. The average molecular weight is 417 g/mol. The number of carbonyl (C=O) groups is 2. The predicted octanol–water partition coefficient (Wildman–Crippen LogP) is 2.98. The molecule has 6 rings (SSSR count). The zero-order valence-electron chi connectivity index (χ0n) is 15.4. The van der Waals surface area contributed by atoms with Crippen molar-refractivity contribution in [3.63, 3.8) is 0 Å². The Bertz CT molecular complexity index is 1070. The molecule has 2 unspecified atom stereocenters. The van der Waals surface area contributed by atoms with Crippen molar-refractivity contribution in [1.82, 2.24) is 9.27 Å². The zero-order chi connectivity index (χ0) is 19.9. The molecule has 1 fully saturated rings. The first-order valence-electron chi connectivity index (χ1n) is 9.83. The first-order valence-corrected chi connectivity index (χ1v) is 10.6. The number of anilines is 1. The minimum atomic E-state index is -0.740. The monoisotopic (exact) mass is 417 g/mol. The zero-order valence-corrected chi connectivity index (χ0v) is 16.2. The normalized spacial score (nSPS) is 28.3. The van der Waals surface area contributed by atoms with Crippen molar-refractivity contribution in [3.8, 4) is 0 Å². The molecule has 0 N–H and O–H groups in total. The number of rotatable bonds is 1.